The molecule has 0 unspecified atom stereocenters. The topological polar surface area (TPSA) is 84.7 Å². The molecule has 22 heavy (non-hydrogen) atoms. The minimum atomic E-state index is -0.616. The molecule has 7 heteroatoms. The van der Waals surface area contributed by atoms with Gasteiger partial charge in [0.25, 0.3) is 5.91 Å². The van der Waals surface area contributed by atoms with Gasteiger partial charge in [0, 0.05) is 20.4 Å². The zero-order valence-electron chi connectivity index (χ0n) is 11.3. The van der Waals surface area contributed by atoms with Gasteiger partial charge in [0.15, 0.2) is 5.69 Å². The predicted molar refractivity (Wildman–Crippen MR) is 85.9 cm³/mol. The molecule has 0 radical (unpaired) electrons. The molecule has 3 aromatic rings. The van der Waals surface area contributed by atoms with Crippen molar-refractivity contribution in [2.45, 2.75) is 9.79 Å². The fourth-order valence-corrected chi connectivity index (χ4v) is 3.04. The van der Waals surface area contributed by atoms with E-state index >= 15 is 0 Å². The summed E-state index contributed by atoms with van der Waals surface area (Å²) in [7, 11) is 0. The number of aromatic nitrogens is 3. The normalized spacial score (nSPS) is 10.6. The molecule has 5 nitrogen and oxygen atoms in total. The number of nitrogens with zero attached hydrogens (tertiary/aromatic N) is 2. The second-order valence-electron chi connectivity index (χ2n) is 4.44. The maximum atomic E-state index is 11.4. The summed E-state index contributed by atoms with van der Waals surface area (Å²) in [5.74, 6) is -0.616. The lowest BCUT2D eigenvalue weighted by Gasteiger charge is -2.07. The smallest absolute Gasteiger partial charge is 0.271 e. The average Bonchev–Trinajstić information content (AvgIpc) is 3.00. The number of carbonyl (C=O) groups excluding carboxylic acids is 1. The molecule has 2 aromatic carbocycles. The van der Waals surface area contributed by atoms with Gasteiger partial charge < -0.3 is 5.73 Å². The number of carbonyl (C=O) groups is 1. The first-order chi connectivity index (χ1) is 10.6. The number of hydrogen-bond donors (Lipinski definition) is 2. The number of hydrogen-bond acceptors (Lipinski definition) is 4. The third-order valence-electron chi connectivity index (χ3n) is 2.96. The highest BCUT2D eigenvalue weighted by molar-refractivity contribution is 7.99. The molecule has 3 rings (SSSR count). The van der Waals surface area contributed by atoms with Gasteiger partial charge in [0.2, 0.25) is 0 Å². The Bertz CT molecular complexity index is 816. The van der Waals surface area contributed by atoms with Gasteiger partial charge in [0.1, 0.15) is 5.69 Å². The molecule has 1 amide bonds. The zero-order chi connectivity index (χ0) is 15.5. The molecular weight excluding hydrogens is 320 g/mol. The number of amides is 1. The molecule has 0 aliphatic rings. The molecule has 110 valence electrons. The summed E-state index contributed by atoms with van der Waals surface area (Å²) < 4.78 is 0. The number of benzene rings is 2. The first-order valence-electron chi connectivity index (χ1n) is 6.38. The molecule has 0 aliphatic heterocycles. The standard InChI is InChI=1S/C15H11ClN4OS/c16-9-5-7-10(8-6-9)22-12-4-2-1-3-11(12)13-14(15(17)21)19-20-18-13/h1-8H,(H2,17,21)(H,18,19,20). The summed E-state index contributed by atoms with van der Waals surface area (Å²) in [4.78, 5) is 13.4. The minimum absolute atomic E-state index is 0.129. The van der Waals surface area contributed by atoms with E-state index in [1.807, 2.05) is 48.5 Å². The molecule has 0 spiro atoms. The Morgan fingerprint density at radius 2 is 1.82 bits per heavy atom. The van der Waals surface area contributed by atoms with Gasteiger partial charge in [-0.1, -0.05) is 41.6 Å². The SMILES string of the molecule is NC(=O)c1n[nH]nc1-c1ccccc1Sc1ccc(Cl)cc1. The Balaban J connectivity index is 2.01. The summed E-state index contributed by atoms with van der Waals surface area (Å²) in [6.07, 6.45) is 0. The molecule has 0 saturated carbocycles. The minimum Gasteiger partial charge on any atom is -0.364 e. The van der Waals surface area contributed by atoms with Crippen LogP contribution in [0, 0.1) is 0 Å². The van der Waals surface area contributed by atoms with Crippen molar-refractivity contribution in [3.8, 4) is 11.3 Å². The fourth-order valence-electron chi connectivity index (χ4n) is 1.97. The van der Waals surface area contributed by atoms with Crippen molar-refractivity contribution in [2.75, 3.05) is 0 Å². The van der Waals surface area contributed by atoms with Gasteiger partial charge in [-0.25, -0.2) is 0 Å². The molecule has 0 fully saturated rings. The van der Waals surface area contributed by atoms with Crippen molar-refractivity contribution in [1.82, 2.24) is 15.4 Å². The van der Waals surface area contributed by atoms with Crippen LogP contribution in [0.3, 0.4) is 0 Å². The van der Waals surface area contributed by atoms with Gasteiger partial charge in [-0.3, -0.25) is 4.79 Å². The quantitative estimate of drug-likeness (QED) is 0.768. The third kappa shape index (κ3) is 2.98. The van der Waals surface area contributed by atoms with Gasteiger partial charge in [-0.15, -0.1) is 0 Å². The number of aromatic amines is 1. The van der Waals surface area contributed by atoms with Crippen LogP contribution in [-0.4, -0.2) is 21.3 Å². The van der Waals surface area contributed by atoms with E-state index in [1.165, 1.54) is 0 Å². The lowest BCUT2D eigenvalue weighted by molar-refractivity contribution is 0.0996. The first-order valence-corrected chi connectivity index (χ1v) is 7.58. The summed E-state index contributed by atoms with van der Waals surface area (Å²) in [6.45, 7) is 0. The largest absolute Gasteiger partial charge is 0.364 e. The lowest BCUT2D eigenvalue weighted by Crippen LogP contribution is -2.12. The van der Waals surface area contributed by atoms with E-state index in [0.717, 1.165) is 15.4 Å². The number of nitrogens with two attached hydrogens (primary N) is 1. The van der Waals surface area contributed by atoms with Gasteiger partial charge in [0.05, 0.1) is 0 Å². The number of primary amides is 1. The second kappa shape index (κ2) is 6.21. The zero-order valence-corrected chi connectivity index (χ0v) is 12.9. The van der Waals surface area contributed by atoms with Crippen LogP contribution in [0.2, 0.25) is 5.02 Å². The van der Waals surface area contributed by atoms with Crippen LogP contribution >= 0.6 is 23.4 Å². The van der Waals surface area contributed by atoms with Crippen molar-refractivity contribution in [1.29, 1.82) is 0 Å². The van der Waals surface area contributed by atoms with Crippen LogP contribution < -0.4 is 5.73 Å². The summed E-state index contributed by atoms with van der Waals surface area (Å²) >= 11 is 7.45. The lowest BCUT2D eigenvalue weighted by atomic mass is 10.1. The van der Waals surface area contributed by atoms with Crippen LogP contribution in [0.5, 0.6) is 0 Å². The molecule has 3 N–H and O–H groups in total. The molecule has 0 aliphatic carbocycles. The average molecular weight is 331 g/mol. The summed E-state index contributed by atoms with van der Waals surface area (Å²) in [5.41, 5.74) is 6.71. The van der Waals surface area contributed by atoms with Crippen LogP contribution in [0.1, 0.15) is 10.5 Å². The molecule has 1 heterocycles. The molecular formula is C15H11ClN4OS. The highest BCUT2D eigenvalue weighted by Crippen LogP contribution is 2.36. The Labute approximate surface area is 135 Å². The number of halogens is 1. The van der Waals surface area contributed by atoms with Gasteiger partial charge in [-0.05, 0) is 30.3 Å². The summed E-state index contributed by atoms with van der Waals surface area (Å²) in [5, 5.41) is 11.0. The second-order valence-corrected chi connectivity index (χ2v) is 5.99. The van der Waals surface area contributed by atoms with Gasteiger partial charge in [-0.2, -0.15) is 15.4 Å². The van der Waals surface area contributed by atoms with Crippen molar-refractivity contribution in [3.63, 3.8) is 0 Å². The number of H-pyrrole nitrogens is 1. The van der Waals surface area contributed by atoms with Crippen molar-refractivity contribution < 1.29 is 4.79 Å². The maximum Gasteiger partial charge on any atom is 0.271 e. The van der Waals surface area contributed by atoms with E-state index in [-0.39, 0.29) is 5.69 Å². The van der Waals surface area contributed by atoms with E-state index in [9.17, 15) is 4.79 Å². The number of nitrogens with one attached hydrogen (secondary N) is 1. The van der Waals surface area contributed by atoms with Crippen molar-refractivity contribution in [2.24, 2.45) is 5.73 Å². The van der Waals surface area contributed by atoms with E-state index in [0.29, 0.717) is 10.7 Å². The van der Waals surface area contributed by atoms with E-state index < -0.39 is 5.91 Å². The molecule has 0 saturated heterocycles. The predicted octanol–water partition coefficient (Wildman–Crippen LogP) is 3.38. The molecule has 1 aromatic heterocycles. The van der Waals surface area contributed by atoms with Crippen LogP contribution in [0.25, 0.3) is 11.3 Å². The molecule has 0 atom stereocenters. The third-order valence-corrected chi connectivity index (χ3v) is 4.30. The van der Waals surface area contributed by atoms with E-state index in [4.69, 9.17) is 17.3 Å². The van der Waals surface area contributed by atoms with E-state index in [1.54, 1.807) is 11.8 Å². The Kier molecular flexibility index (Phi) is 4.13. The highest BCUT2D eigenvalue weighted by atomic mass is 35.5. The summed E-state index contributed by atoms with van der Waals surface area (Å²) in [6, 6.07) is 15.2. The van der Waals surface area contributed by atoms with Gasteiger partial charge >= 0.3 is 0 Å². The van der Waals surface area contributed by atoms with Crippen molar-refractivity contribution in [3.05, 3.63) is 59.2 Å². The Morgan fingerprint density at radius 1 is 1.09 bits per heavy atom. The van der Waals surface area contributed by atoms with E-state index in [2.05, 4.69) is 15.4 Å². The van der Waals surface area contributed by atoms with Crippen LogP contribution in [0.4, 0.5) is 0 Å². The molecule has 0 bridgehead atoms. The van der Waals surface area contributed by atoms with Crippen LogP contribution in [-0.2, 0) is 0 Å². The van der Waals surface area contributed by atoms with Crippen LogP contribution in [0.15, 0.2) is 58.3 Å². The Morgan fingerprint density at radius 3 is 2.55 bits per heavy atom. The Hall–Kier alpha value is -2.31. The first kappa shape index (κ1) is 14.6. The monoisotopic (exact) mass is 330 g/mol. The highest BCUT2D eigenvalue weighted by Gasteiger charge is 2.18. The fraction of sp³-hybridized carbons (Fsp3) is 0. The maximum absolute atomic E-state index is 11.4. The number of rotatable bonds is 4. The van der Waals surface area contributed by atoms with Crippen molar-refractivity contribution >= 4 is 29.3 Å².